The molecule has 0 aromatic carbocycles. The summed E-state index contributed by atoms with van der Waals surface area (Å²) in [7, 11) is 0. The fourth-order valence-corrected chi connectivity index (χ4v) is 1.94. The molecule has 0 aliphatic carbocycles. The van der Waals surface area contributed by atoms with Gasteiger partial charge in [-0.1, -0.05) is 0 Å². The second kappa shape index (κ2) is 2.98. The Labute approximate surface area is 95.1 Å². The Morgan fingerprint density at radius 2 is 2.06 bits per heavy atom. The van der Waals surface area contributed by atoms with E-state index in [4.69, 9.17) is 4.42 Å². The largest absolute Gasteiger partial charge is 0.419 e. The predicted molar refractivity (Wildman–Crippen MR) is 62.4 cm³/mol. The van der Waals surface area contributed by atoms with Crippen molar-refractivity contribution in [1.82, 2.24) is 19.9 Å². The highest BCUT2D eigenvalue weighted by Crippen LogP contribution is 2.27. The number of furan rings is 1. The summed E-state index contributed by atoms with van der Waals surface area (Å²) in [5.74, 6) is 0. The van der Waals surface area contributed by atoms with E-state index in [0.717, 1.165) is 16.2 Å². The van der Waals surface area contributed by atoms with Gasteiger partial charge in [-0.05, 0) is 18.2 Å². The summed E-state index contributed by atoms with van der Waals surface area (Å²) in [6.07, 6.45) is 4.91. The quantitative estimate of drug-likeness (QED) is 0.456. The highest BCUT2D eigenvalue weighted by atomic mass is 16.3. The van der Waals surface area contributed by atoms with E-state index in [1.807, 2.05) is 18.2 Å². The molecule has 0 fully saturated rings. The molecular formula is C12H6N4O. The molecule has 0 bridgehead atoms. The first-order valence-electron chi connectivity index (χ1n) is 5.16. The van der Waals surface area contributed by atoms with Crippen LogP contribution in [0.4, 0.5) is 0 Å². The zero-order valence-electron chi connectivity index (χ0n) is 8.66. The minimum absolute atomic E-state index is 0.560. The molecule has 0 saturated carbocycles. The van der Waals surface area contributed by atoms with E-state index < -0.39 is 0 Å². The molecule has 5 heteroatoms. The molecule has 0 radical (unpaired) electrons. The minimum atomic E-state index is 0.560. The molecule has 0 N–H and O–H groups in total. The van der Waals surface area contributed by atoms with E-state index in [2.05, 4.69) is 19.9 Å². The van der Waals surface area contributed by atoms with Gasteiger partial charge in [-0.15, -0.1) is 0 Å². The number of hydrogen-bond donors (Lipinski definition) is 0. The van der Waals surface area contributed by atoms with Gasteiger partial charge in [0.1, 0.15) is 6.33 Å². The first-order valence-corrected chi connectivity index (χ1v) is 5.16. The van der Waals surface area contributed by atoms with Crippen LogP contribution in [0.1, 0.15) is 0 Å². The number of pyridine rings is 2. The van der Waals surface area contributed by atoms with E-state index in [0.29, 0.717) is 17.1 Å². The number of rotatable bonds is 0. The molecule has 4 aromatic rings. The van der Waals surface area contributed by atoms with E-state index >= 15 is 0 Å². The lowest BCUT2D eigenvalue weighted by atomic mass is 10.2. The summed E-state index contributed by atoms with van der Waals surface area (Å²) in [4.78, 5) is 16.6. The standard InChI is InChI=1S/C12H6N4O/c1-2-8-9-4-7-5-13-6-15-10(7)16-12(9)17-11(8)14-3-1/h1-6H. The Kier molecular flexibility index (Phi) is 1.50. The van der Waals surface area contributed by atoms with Gasteiger partial charge in [0, 0.05) is 23.2 Å². The first kappa shape index (κ1) is 8.58. The van der Waals surface area contributed by atoms with Crippen molar-refractivity contribution in [2.75, 3.05) is 0 Å². The third-order valence-corrected chi connectivity index (χ3v) is 2.71. The molecule has 5 nitrogen and oxygen atoms in total. The zero-order chi connectivity index (χ0) is 11.2. The number of fused-ring (bicyclic) bond motifs is 4. The van der Waals surface area contributed by atoms with Gasteiger partial charge >= 0.3 is 0 Å². The molecular weight excluding hydrogens is 216 g/mol. The Hall–Kier alpha value is -2.56. The van der Waals surface area contributed by atoms with Crippen LogP contribution >= 0.6 is 0 Å². The average Bonchev–Trinajstić information content (AvgIpc) is 2.73. The first-order chi connectivity index (χ1) is 8.42. The minimum Gasteiger partial charge on any atom is -0.419 e. The molecule has 0 aliphatic rings. The van der Waals surface area contributed by atoms with E-state index in [1.165, 1.54) is 6.33 Å². The normalized spacial score (nSPS) is 11.5. The van der Waals surface area contributed by atoms with Crippen LogP contribution in [0.2, 0.25) is 0 Å². The predicted octanol–water partition coefficient (Wildman–Crippen LogP) is 2.32. The molecule has 0 aliphatic heterocycles. The van der Waals surface area contributed by atoms with Crippen molar-refractivity contribution < 1.29 is 4.42 Å². The van der Waals surface area contributed by atoms with Gasteiger partial charge in [-0.2, -0.15) is 4.98 Å². The lowest BCUT2D eigenvalue weighted by Gasteiger charge is -1.93. The van der Waals surface area contributed by atoms with Crippen molar-refractivity contribution in [1.29, 1.82) is 0 Å². The van der Waals surface area contributed by atoms with Crippen molar-refractivity contribution in [2.45, 2.75) is 0 Å². The maximum atomic E-state index is 5.58. The summed E-state index contributed by atoms with van der Waals surface area (Å²) < 4.78 is 5.58. The topological polar surface area (TPSA) is 64.7 Å². The van der Waals surface area contributed by atoms with Crippen LogP contribution in [-0.4, -0.2) is 19.9 Å². The summed E-state index contributed by atoms with van der Waals surface area (Å²) in [6, 6.07) is 5.82. The number of nitrogens with zero attached hydrogens (tertiary/aromatic N) is 4. The van der Waals surface area contributed by atoms with E-state index in [-0.39, 0.29) is 0 Å². The van der Waals surface area contributed by atoms with Crippen molar-refractivity contribution in [3.05, 3.63) is 36.9 Å². The Balaban J connectivity index is 2.28. The zero-order valence-corrected chi connectivity index (χ0v) is 8.66. The van der Waals surface area contributed by atoms with Crippen molar-refractivity contribution in [3.63, 3.8) is 0 Å². The van der Waals surface area contributed by atoms with Gasteiger partial charge in [0.15, 0.2) is 5.65 Å². The Morgan fingerprint density at radius 3 is 3.06 bits per heavy atom. The molecule has 0 unspecified atom stereocenters. The molecule has 0 spiro atoms. The summed E-state index contributed by atoms with van der Waals surface area (Å²) in [5.41, 5.74) is 1.79. The van der Waals surface area contributed by atoms with Gasteiger partial charge < -0.3 is 4.42 Å². The van der Waals surface area contributed by atoms with Crippen molar-refractivity contribution in [3.8, 4) is 0 Å². The van der Waals surface area contributed by atoms with E-state index in [1.54, 1.807) is 12.4 Å². The van der Waals surface area contributed by atoms with Crippen LogP contribution in [0.3, 0.4) is 0 Å². The fourth-order valence-electron chi connectivity index (χ4n) is 1.94. The highest BCUT2D eigenvalue weighted by Gasteiger charge is 2.10. The third kappa shape index (κ3) is 1.13. The number of aromatic nitrogens is 4. The van der Waals surface area contributed by atoms with Crippen LogP contribution in [0.15, 0.2) is 41.3 Å². The molecule has 0 saturated heterocycles. The second-order valence-corrected chi connectivity index (χ2v) is 3.73. The summed E-state index contributed by atoms with van der Waals surface area (Å²) >= 11 is 0. The van der Waals surface area contributed by atoms with Crippen LogP contribution < -0.4 is 0 Å². The van der Waals surface area contributed by atoms with Crippen molar-refractivity contribution in [2.24, 2.45) is 0 Å². The van der Waals surface area contributed by atoms with Crippen LogP contribution in [0.5, 0.6) is 0 Å². The second-order valence-electron chi connectivity index (χ2n) is 3.73. The number of hydrogen-bond acceptors (Lipinski definition) is 5. The average molecular weight is 222 g/mol. The van der Waals surface area contributed by atoms with Gasteiger partial charge in [0.05, 0.1) is 5.39 Å². The van der Waals surface area contributed by atoms with Gasteiger partial charge in [-0.3, -0.25) is 0 Å². The maximum Gasteiger partial charge on any atom is 0.231 e. The lowest BCUT2D eigenvalue weighted by Crippen LogP contribution is -1.84. The lowest BCUT2D eigenvalue weighted by molar-refractivity contribution is 0.641. The molecule has 17 heavy (non-hydrogen) atoms. The fraction of sp³-hybridized carbons (Fsp3) is 0. The van der Waals surface area contributed by atoms with Crippen LogP contribution in [0, 0.1) is 0 Å². The molecule has 4 rings (SSSR count). The molecule has 80 valence electrons. The van der Waals surface area contributed by atoms with Crippen molar-refractivity contribution >= 4 is 33.2 Å². The summed E-state index contributed by atoms with van der Waals surface area (Å²) in [5, 5.41) is 2.79. The van der Waals surface area contributed by atoms with Crippen LogP contribution in [-0.2, 0) is 0 Å². The van der Waals surface area contributed by atoms with Gasteiger partial charge in [0.2, 0.25) is 11.4 Å². The van der Waals surface area contributed by atoms with Gasteiger partial charge in [-0.25, -0.2) is 15.0 Å². The van der Waals surface area contributed by atoms with E-state index in [9.17, 15) is 0 Å². The third-order valence-electron chi connectivity index (χ3n) is 2.71. The smallest absolute Gasteiger partial charge is 0.231 e. The Bertz CT molecular complexity index is 847. The molecule has 4 aromatic heterocycles. The maximum absolute atomic E-state index is 5.58. The highest BCUT2D eigenvalue weighted by molar-refractivity contribution is 6.05. The molecule has 4 heterocycles. The van der Waals surface area contributed by atoms with Crippen LogP contribution in [0.25, 0.3) is 33.2 Å². The van der Waals surface area contributed by atoms with Gasteiger partial charge in [0.25, 0.3) is 0 Å². The SMILES string of the molecule is c1cnc2oc3nc4ncncc4cc3c2c1. The Morgan fingerprint density at radius 1 is 1.06 bits per heavy atom. The molecule has 0 atom stereocenters. The molecule has 0 amide bonds. The summed E-state index contributed by atoms with van der Waals surface area (Å²) in [6.45, 7) is 0. The monoisotopic (exact) mass is 222 g/mol.